The standard InChI is InChI=1S/C20H18Cl2N2/c1-13-5-3-7-15(9-13)23-19-12-20(18(22)11-17(19)21)24-16-8-4-6-14(2)10-16/h3-12,23-24H,1-2H3. The summed E-state index contributed by atoms with van der Waals surface area (Å²) in [5.41, 5.74) is 5.96. The molecule has 0 aromatic heterocycles. The Bertz CT molecular complexity index is 807. The molecule has 0 aliphatic carbocycles. The summed E-state index contributed by atoms with van der Waals surface area (Å²) in [4.78, 5) is 0. The van der Waals surface area contributed by atoms with Crippen LogP contribution >= 0.6 is 23.2 Å². The topological polar surface area (TPSA) is 24.1 Å². The van der Waals surface area contributed by atoms with Crippen LogP contribution in [0, 0.1) is 13.8 Å². The highest BCUT2D eigenvalue weighted by Gasteiger charge is 2.08. The summed E-state index contributed by atoms with van der Waals surface area (Å²) in [5.74, 6) is 0. The molecule has 122 valence electrons. The summed E-state index contributed by atoms with van der Waals surface area (Å²) in [6.45, 7) is 4.11. The average Bonchev–Trinajstić information content (AvgIpc) is 2.52. The van der Waals surface area contributed by atoms with Gasteiger partial charge in [-0.15, -0.1) is 0 Å². The van der Waals surface area contributed by atoms with Crippen LogP contribution in [0.2, 0.25) is 10.0 Å². The Morgan fingerprint density at radius 1 is 0.625 bits per heavy atom. The van der Waals surface area contributed by atoms with E-state index < -0.39 is 0 Å². The molecule has 24 heavy (non-hydrogen) atoms. The van der Waals surface area contributed by atoms with Crippen LogP contribution in [0.3, 0.4) is 0 Å². The van der Waals surface area contributed by atoms with Crippen LogP contribution < -0.4 is 10.6 Å². The molecule has 0 aliphatic rings. The van der Waals surface area contributed by atoms with Crippen LogP contribution in [0.1, 0.15) is 11.1 Å². The van der Waals surface area contributed by atoms with E-state index in [2.05, 4.69) is 48.7 Å². The number of aryl methyl sites for hydroxylation is 2. The van der Waals surface area contributed by atoms with E-state index in [9.17, 15) is 0 Å². The minimum Gasteiger partial charge on any atom is -0.354 e. The largest absolute Gasteiger partial charge is 0.354 e. The van der Waals surface area contributed by atoms with E-state index in [-0.39, 0.29) is 0 Å². The Kier molecular flexibility index (Phi) is 4.98. The predicted molar refractivity (Wildman–Crippen MR) is 105 cm³/mol. The van der Waals surface area contributed by atoms with Gasteiger partial charge in [0.1, 0.15) is 0 Å². The molecule has 2 nitrogen and oxygen atoms in total. The number of halogens is 2. The van der Waals surface area contributed by atoms with Gasteiger partial charge in [0.2, 0.25) is 0 Å². The molecule has 0 heterocycles. The maximum absolute atomic E-state index is 6.34. The highest BCUT2D eigenvalue weighted by molar-refractivity contribution is 6.38. The quantitative estimate of drug-likeness (QED) is 0.520. The normalized spacial score (nSPS) is 10.5. The Balaban J connectivity index is 1.91. The molecular weight excluding hydrogens is 339 g/mol. The van der Waals surface area contributed by atoms with E-state index in [0.717, 1.165) is 22.7 Å². The van der Waals surface area contributed by atoms with Gasteiger partial charge in [-0.05, 0) is 61.4 Å². The number of anilines is 4. The second kappa shape index (κ2) is 7.16. The first-order chi connectivity index (χ1) is 11.5. The molecular formula is C20H18Cl2N2. The average molecular weight is 357 g/mol. The zero-order valence-electron chi connectivity index (χ0n) is 13.5. The summed E-state index contributed by atoms with van der Waals surface area (Å²) >= 11 is 12.7. The van der Waals surface area contributed by atoms with Crippen molar-refractivity contribution in [3.8, 4) is 0 Å². The first-order valence-corrected chi connectivity index (χ1v) is 8.43. The molecule has 0 spiro atoms. The third kappa shape index (κ3) is 4.02. The maximum Gasteiger partial charge on any atom is 0.0657 e. The molecule has 4 heteroatoms. The molecule has 3 aromatic carbocycles. The van der Waals surface area contributed by atoms with Gasteiger partial charge in [-0.25, -0.2) is 0 Å². The molecule has 3 rings (SSSR count). The number of rotatable bonds is 4. The molecule has 0 aliphatic heterocycles. The van der Waals surface area contributed by atoms with Gasteiger partial charge in [-0.2, -0.15) is 0 Å². The Morgan fingerprint density at radius 2 is 1.08 bits per heavy atom. The SMILES string of the molecule is Cc1cccc(Nc2cc(Nc3cccc(C)c3)c(Cl)cc2Cl)c1. The van der Waals surface area contributed by atoms with Crippen molar-refractivity contribution in [2.75, 3.05) is 10.6 Å². The van der Waals surface area contributed by atoms with E-state index >= 15 is 0 Å². The van der Waals surface area contributed by atoms with Crippen LogP contribution in [0.25, 0.3) is 0 Å². The van der Waals surface area contributed by atoms with Crippen LogP contribution in [0.5, 0.6) is 0 Å². The summed E-state index contributed by atoms with van der Waals surface area (Å²) in [5, 5.41) is 7.85. The van der Waals surface area contributed by atoms with Crippen molar-refractivity contribution >= 4 is 46.0 Å². The molecule has 3 aromatic rings. The monoisotopic (exact) mass is 356 g/mol. The molecule has 0 radical (unpaired) electrons. The van der Waals surface area contributed by atoms with Gasteiger partial charge in [0.05, 0.1) is 21.4 Å². The molecule has 0 unspecified atom stereocenters. The van der Waals surface area contributed by atoms with Crippen molar-refractivity contribution in [2.45, 2.75) is 13.8 Å². The van der Waals surface area contributed by atoms with Crippen LogP contribution in [-0.2, 0) is 0 Å². The lowest BCUT2D eigenvalue weighted by Crippen LogP contribution is -1.96. The van der Waals surface area contributed by atoms with Gasteiger partial charge in [-0.3, -0.25) is 0 Å². The van der Waals surface area contributed by atoms with E-state index in [0.29, 0.717) is 10.0 Å². The predicted octanol–water partition coefficient (Wildman–Crippen LogP) is 7.10. The van der Waals surface area contributed by atoms with E-state index in [4.69, 9.17) is 23.2 Å². The van der Waals surface area contributed by atoms with Gasteiger partial charge in [0.15, 0.2) is 0 Å². The maximum atomic E-state index is 6.34. The third-order valence-corrected chi connectivity index (χ3v) is 4.28. The van der Waals surface area contributed by atoms with Crippen LogP contribution in [0.4, 0.5) is 22.7 Å². The second-order valence-corrected chi connectivity index (χ2v) is 6.62. The zero-order valence-corrected chi connectivity index (χ0v) is 15.0. The molecule has 2 N–H and O–H groups in total. The molecule has 0 amide bonds. The fraction of sp³-hybridized carbons (Fsp3) is 0.100. The number of hydrogen-bond acceptors (Lipinski definition) is 2. The Morgan fingerprint density at radius 3 is 1.50 bits per heavy atom. The van der Waals surface area contributed by atoms with Crippen molar-refractivity contribution in [1.29, 1.82) is 0 Å². The van der Waals surface area contributed by atoms with Crippen molar-refractivity contribution in [1.82, 2.24) is 0 Å². The third-order valence-electron chi connectivity index (χ3n) is 3.65. The second-order valence-electron chi connectivity index (χ2n) is 5.80. The fourth-order valence-corrected chi connectivity index (χ4v) is 2.97. The molecule has 0 atom stereocenters. The first kappa shape index (κ1) is 16.7. The van der Waals surface area contributed by atoms with Crippen molar-refractivity contribution in [3.05, 3.63) is 81.8 Å². The van der Waals surface area contributed by atoms with Crippen molar-refractivity contribution in [2.24, 2.45) is 0 Å². The summed E-state index contributed by atoms with van der Waals surface area (Å²) < 4.78 is 0. The van der Waals surface area contributed by atoms with Gasteiger partial charge < -0.3 is 10.6 Å². The van der Waals surface area contributed by atoms with Gasteiger partial charge in [0.25, 0.3) is 0 Å². The zero-order chi connectivity index (χ0) is 17.1. The highest BCUT2D eigenvalue weighted by Crippen LogP contribution is 2.36. The first-order valence-electron chi connectivity index (χ1n) is 7.68. The smallest absolute Gasteiger partial charge is 0.0657 e. The lowest BCUT2D eigenvalue weighted by Gasteiger charge is -2.14. The van der Waals surface area contributed by atoms with Gasteiger partial charge in [-0.1, -0.05) is 47.5 Å². The summed E-state index contributed by atoms with van der Waals surface area (Å²) in [6, 6.07) is 19.9. The molecule has 0 saturated carbocycles. The van der Waals surface area contributed by atoms with Gasteiger partial charge >= 0.3 is 0 Å². The highest BCUT2D eigenvalue weighted by atomic mass is 35.5. The molecule has 0 fully saturated rings. The number of hydrogen-bond donors (Lipinski definition) is 2. The Labute approximate surface area is 152 Å². The van der Waals surface area contributed by atoms with E-state index in [1.165, 1.54) is 11.1 Å². The fourth-order valence-electron chi connectivity index (χ4n) is 2.50. The van der Waals surface area contributed by atoms with Crippen LogP contribution in [-0.4, -0.2) is 0 Å². The van der Waals surface area contributed by atoms with Gasteiger partial charge in [0, 0.05) is 11.4 Å². The van der Waals surface area contributed by atoms with Crippen molar-refractivity contribution < 1.29 is 0 Å². The lowest BCUT2D eigenvalue weighted by molar-refractivity contribution is 1.44. The lowest BCUT2D eigenvalue weighted by atomic mass is 10.2. The Hall–Kier alpha value is -2.16. The van der Waals surface area contributed by atoms with Crippen molar-refractivity contribution in [3.63, 3.8) is 0 Å². The van der Waals surface area contributed by atoms with E-state index in [1.807, 2.05) is 30.3 Å². The molecule has 0 bridgehead atoms. The summed E-state index contributed by atoms with van der Waals surface area (Å²) in [6.07, 6.45) is 0. The number of nitrogens with one attached hydrogen (secondary N) is 2. The molecule has 0 saturated heterocycles. The summed E-state index contributed by atoms with van der Waals surface area (Å²) in [7, 11) is 0. The minimum absolute atomic E-state index is 0.580. The van der Waals surface area contributed by atoms with Crippen LogP contribution in [0.15, 0.2) is 60.7 Å². The number of benzene rings is 3. The minimum atomic E-state index is 0.580. The van der Waals surface area contributed by atoms with E-state index in [1.54, 1.807) is 6.07 Å².